The molecule has 5 heteroatoms. The Kier molecular flexibility index (Phi) is 1.85. The van der Waals surface area contributed by atoms with Gasteiger partial charge in [0.2, 0.25) is 0 Å². The van der Waals surface area contributed by atoms with Gasteiger partial charge in [-0.15, -0.1) is 0 Å². The van der Waals surface area contributed by atoms with Crippen LogP contribution in [0.4, 0.5) is 10.5 Å². The van der Waals surface area contributed by atoms with E-state index in [-0.39, 0.29) is 6.61 Å². The highest BCUT2D eigenvalue weighted by Gasteiger charge is 2.21. The number of hydrogen-bond donors (Lipinski definition) is 2. The van der Waals surface area contributed by atoms with Crippen molar-refractivity contribution in [3.05, 3.63) is 29.3 Å². The zero-order valence-electron chi connectivity index (χ0n) is 7.11. The van der Waals surface area contributed by atoms with Crippen LogP contribution in [0.2, 0.25) is 0 Å². The van der Waals surface area contributed by atoms with Crippen molar-refractivity contribution in [3.8, 4) is 0 Å². The summed E-state index contributed by atoms with van der Waals surface area (Å²) in [6, 6.07) is 4.74. The van der Waals surface area contributed by atoms with Crippen LogP contribution in [0.15, 0.2) is 18.2 Å². The number of cyclic esters (lactones) is 1. The quantitative estimate of drug-likeness (QED) is 0.662. The smallest absolute Gasteiger partial charge is 0.409 e. The SMILES string of the molecule is O=C(O)Nc1ccc2c(c1)C(=O)OC2. The van der Waals surface area contributed by atoms with E-state index in [0.717, 1.165) is 5.56 Å². The Hall–Kier alpha value is -2.04. The van der Waals surface area contributed by atoms with E-state index >= 15 is 0 Å². The summed E-state index contributed by atoms with van der Waals surface area (Å²) in [5.74, 6) is -0.408. The van der Waals surface area contributed by atoms with Gasteiger partial charge in [-0.05, 0) is 12.1 Å². The summed E-state index contributed by atoms with van der Waals surface area (Å²) in [6.45, 7) is 0.265. The third-order valence-corrected chi connectivity index (χ3v) is 1.94. The van der Waals surface area contributed by atoms with Gasteiger partial charge in [-0.25, -0.2) is 9.59 Å². The van der Waals surface area contributed by atoms with Crippen molar-refractivity contribution in [1.82, 2.24) is 0 Å². The molecule has 0 bridgehead atoms. The minimum absolute atomic E-state index is 0.265. The maximum Gasteiger partial charge on any atom is 0.409 e. The van der Waals surface area contributed by atoms with Crippen LogP contribution < -0.4 is 5.32 Å². The van der Waals surface area contributed by atoms with Gasteiger partial charge in [0, 0.05) is 11.3 Å². The van der Waals surface area contributed by atoms with Crippen molar-refractivity contribution >= 4 is 17.7 Å². The molecule has 0 aliphatic carbocycles. The number of carbonyl (C=O) groups excluding carboxylic acids is 1. The van der Waals surface area contributed by atoms with Crippen molar-refractivity contribution in [1.29, 1.82) is 0 Å². The molecule has 0 saturated carbocycles. The van der Waals surface area contributed by atoms with Gasteiger partial charge in [0.15, 0.2) is 0 Å². The summed E-state index contributed by atoms with van der Waals surface area (Å²) in [7, 11) is 0. The number of ether oxygens (including phenoxy) is 1. The van der Waals surface area contributed by atoms with Gasteiger partial charge in [0.1, 0.15) is 6.61 Å². The van der Waals surface area contributed by atoms with Crippen LogP contribution in [-0.2, 0) is 11.3 Å². The first-order valence-corrected chi connectivity index (χ1v) is 3.97. The second-order valence-corrected chi connectivity index (χ2v) is 2.88. The number of carbonyl (C=O) groups is 2. The molecule has 14 heavy (non-hydrogen) atoms. The summed E-state index contributed by atoms with van der Waals surface area (Å²) in [4.78, 5) is 21.4. The van der Waals surface area contributed by atoms with Crippen molar-refractivity contribution in [2.75, 3.05) is 5.32 Å². The molecule has 2 rings (SSSR count). The predicted molar refractivity (Wildman–Crippen MR) is 47.2 cm³/mol. The molecule has 0 radical (unpaired) electrons. The van der Waals surface area contributed by atoms with Crippen molar-refractivity contribution in [2.24, 2.45) is 0 Å². The zero-order valence-corrected chi connectivity index (χ0v) is 7.11. The molecule has 2 N–H and O–H groups in total. The second kappa shape index (κ2) is 3.02. The van der Waals surface area contributed by atoms with Crippen molar-refractivity contribution < 1.29 is 19.4 Å². The summed E-state index contributed by atoms with van der Waals surface area (Å²) in [6.07, 6.45) is -1.16. The Bertz CT molecular complexity index is 413. The fraction of sp³-hybridized carbons (Fsp3) is 0.111. The topological polar surface area (TPSA) is 75.6 Å². The monoisotopic (exact) mass is 193 g/mol. The molecular formula is C9H7NO4. The maximum atomic E-state index is 11.1. The number of carboxylic acid groups (broad SMARTS) is 1. The highest BCUT2D eigenvalue weighted by molar-refractivity contribution is 5.95. The lowest BCUT2D eigenvalue weighted by Crippen LogP contribution is -2.07. The number of rotatable bonds is 1. The highest BCUT2D eigenvalue weighted by atomic mass is 16.5. The largest absolute Gasteiger partial charge is 0.465 e. The third-order valence-electron chi connectivity index (χ3n) is 1.94. The van der Waals surface area contributed by atoms with E-state index in [4.69, 9.17) is 9.84 Å². The molecule has 0 spiro atoms. The molecule has 1 amide bonds. The molecular weight excluding hydrogens is 186 g/mol. The molecule has 5 nitrogen and oxygen atoms in total. The standard InChI is InChI=1S/C9H7NO4/c11-8-7-3-6(10-9(12)13)2-1-5(7)4-14-8/h1-3,10H,4H2,(H,12,13). The highest BCUT2D eigenvalue weighted by Crippen LogP contribution is 2.23. The number of fused-ring (bicyclic) bond motifs is 1. The van der Waals surface area contributed by atoms with Gasteiger partial charge >= 0.3 is 12.1 Å². The van der Waals surface area contributed by atoms with E-state index in [0.29, 0.717) is 11.3 Å². The van der Waals surface area contributed by atoms with Crippen LogP contribution in [0.5, 0.6) is 0 Å². The number of amides is 1. The van der Waals surface area contributed by atoms with Gasteiger partial charge in [0.25, 0.3) is 0 Å². The molecule has 0 saturated heterocycles. The van der Waals surface area contributed by atoms with Gasteiger partial charge in [-0.2, -0.15) is 0 Å². The second-order valence-electron chi connectivity index (χ2n) is 2.88. The van der Waals surface area contributed by atoms with Crippen LogP contribution in [0.3, 0.4) is 0 Å². The number of benzene rings is 1. The first-order valence-electron chi connectivity index (χ1n) is 3.97. The summed E-state index contributed by atoms with van der Waals surface area (Å²) < 4.78 is 4.77. The van der Waals surface area contributed by atoms with Gasteiger partial charge < -0.3 is 9.84 Å². The van der Waals surface area contributed by atoms with Crippen LogP contribution in [0.25, 0.3) is 0 Å². The van der Waals surface area contributed by atoms with Gasteiger partial charge in [-0.3, -0.25) is 5.32 Å². The maximum absolute atomic E-state index is 11.1. The predicted octanol–water partition coefficient (Wildman–Crippen LogP) is 1.45. The van der Waals surface area contributed by atoms with E-state index in [1.54, 1.807) is 12.1 Å². The average Bonchev–Trinajstić information content (AvgIpc) is 2.47. The van der Waals surface area contributed by atoms with Crippen molar-refractivity contribution in [3.63, 3.8) is 0 Å². The lowest BCUT2D eigenvalue weighted by Gasteiger charge is -2.01. The normalized spacial score (nSPS) is 13.3. The van der Waals surface area contributed by atoms with Crippen LogP contribution in [0, 0.1) is 0 Å². The molecule has 1 aromatic rings. The zero-order chi connectivity index (χ0) is 10.1. The van der Waals surface area contributed by atoms with Crippen LogP contribution >= 0.6 is 0 Å². The molecule has 72 valence electrons. The lowest BCUT2D eigenvalue weighted by atomic mass is 10.1. The van der Waals surface area contributed by atoms with Gasteiger partial charge in [-0.1, -0.05) is 6.07 Å². The first kappa shape index (κ1) is 8.55. The minimum atomic E-state index is -1.16. The van der Waals surface area contributed by atoms with Crippen molar-refractivity contribution in [2.45, 2.75) is 6.61 Å². The number of nitrogens with one attached hydrogen (secondary N) is 1. The van der Waals surface area contributed by atoms with Crippen LogP contribution in [-0.4, -0.2) is 17.2 Å². The first-order chi connectivity index (χ1) is 6.66. The Balaban J connectivity index is 2.35. The molecule has 1 aliphatic rings. The lowest BCUT2D eigenvalue weighted by molar-refractivity contribution is 0.0535. The van der Waals surface area contributed by atoms with E-state index < -0.39 is 12.1 Å². The molecule has 1 heterocycles. The Morgan fingerprint density at radius 2 is 2.29 bits per heavy atom. The molecule has 1 aromatic carbocycles. The third kappa shape index (κ3) is 1.39. The molecule has 0 fully saturated rings. The number of esters is 1. The summed E-state index contributed by atoms with van der Waals surface area (Å²) >= 11 is 0. The van der Waals surface area contributed by atoms with E-state index in [1.165, 1.54) is 6.07 Å². The Labute approximate surface area is 79.3 Å². The average molecular weight is 193 g/mol. The molecule has 0 unspecified atom stereocenters. The van der Waals surface area contributed by atoms with E-state index in [1.807, 2.05) is 0 Å². The minimum Gasteiger partial charge on any atom is -0.465 e. The van der Waals surface area contributed by atoms with Gasteiger partial charge in [0.05, 0.1) is 5.56 Å². The number of hydrogen-bond acceptors (Lipinski definition) is 3. The van der Waals surface area contributed by atoms with E-state index in [9.17, 15) is 9.59 Å². The van der Waals surface area contributed by atoms with Crippen LogP contribution in [0.1, 0.15) is 15.9 Å². The fourth-order valence-corrected chi connectivity index (χ4v) is 1.31. The summed E-state index contributed by atoms with van der Waals surface area (Å²) in [5.41, 5.74) is 1.58. The number of anilines is 1. The Morgan fingerprint density at radius 1 is 1.50 bits per heavy atom. The van der Waals surface area contributed by atoms with E-state index in [2.05, 4.69) is 5.32 Å². The molecule has 0 aromatic heterocycles. The summed E-state index contributed by atoms with van der Waals surface area (Å²) in [5, 5.41) is 10.6. The molecule has 1 aliphatic heterocycles. The molecule has 0 atom stereocenters. The Morgan fingerprint density at radius 3 is 3.00 bits per heavy atom. The fourth-order valence-electron chi connectivity index (χ4n) is 1.31.